The molecule has 3 heteroatoms. The third-order valence-electron chi connectivity index (χ3n) is 3.58. The van der Waals surface area contributed by atoms with Crippen molar-refractivity contribution < 1.29 is 4.79 Å². The molecule has 0 aromatic rings. The third-order valence-corrected chi connectivity index (χ3v) is 3.58. The van der Waals surface area contributed by atoms with Gasteiger partial charge in [0.05, 0.1) is 6.04 Å². The lowest BCUT2D eigenvalue weighted by Crippen LogP contribution is -2.44. The van der Waals surface area contributed by atoms with Crippen molar-refractivity contribution in [1.29, 1.82) is 0 Å². The molecule has 0 aromatic carbocycles. The van der Waals surface area contributed by atoms with Crippen molar-refractivity contribution in [3.63, 3.8) is 0 Å². The fourth-order valence-corrected chi connectivity index (χ4v) is 2.83. The zero-order chi connectivity index (χ0) is 9.97. The summed E-state index contributed by atoms with van der Waals surface area (Å²) in [6.07, 6.45) is 4.89. The first kappa shape index (κ1) is 9.97. The van der Waals surface area contributed by atoms with Gasteiger partial charge in [-0.3, -0.25) is 4.79 Å². The topological polar surface area (TPSA) is 41.1 Å². The van der Waals surface area contributed by atoms with Gasteiger partial charge in [-0.2, -0.15) is 0 Å². The molecular weight excluding hydrogens is 176 g/mol. The van der Waals surface area contributed by atoms with E-state index in [-0.39, 0.29) is 11.9 Å². The molecule has 0 radical (unpaired) electrons. The van der Waals surface area contributed by atoms with Gasteiger partial charge in [0.15, 0.2) is 0 Å². The van der Waals surface area contributed by atoms with E-state index in [2.05, 4.69) is 17.6 Å². The fourth-order valence-electron chi connectivity index (χ4n) is 2.83. The van der Waals surface area contributed by atoms with Crippen LogP contribution in [0.1, 0.15) is 32.6 Å². The normalized spacial score (nSPS) is 35.6. The first-order chi connectivity index (χ1) is 6.83. The largest absolute Gasteiger partial charge is 0.355 e. The molecule has 2 rings (SSSR count). The lowest BCUT2D eigenvalue weighted by Gasteiger charge is -2.17. The number of rotatable bonds is 3. The minimum atomic E-state index is 0.106. The molecule has 1 aliphatic heterocycles. The van der Waals surface area contributed by atoms with E-state index in [9.17, 15) is 4.79 Å². The summed E-state index contributed by atoms with van der Waals surface area (Å²) in [5, 5.41) is 6.34. The first-order valence-electron chi connectivity index (χ1n) is 5.84. The zero-order valence-corrected chi connectivity index (χ0v) is 8.88. The standard InChI is InChI=1S/C11H20N2O/c1-2-6-12-11(14)10-9-5-3-4-8(9)7-13-10/h8-10,13H,2-7H2,1H3,(H,12,14). The quantitative estimate of drug-likeness (QED) is 0.704. The zero-order valence-electron chi connectivity index (χ0n) is 8.88. The van der Waals surface area contributed by atoms with Crippen LogP contribution in [0.4, 0.5) is 0 Å². The lowest BCUT2D eigenvalue weighted by molar-refractivity contribution is -0.123. The van der Waals surface area contributed by atoms with Crippen LogP contribution in [0.5, 0.6) is 0 Å². The second kappa shape index (κ2) is 4.30. The Labute approximate surface area is 85.6 Å². The van der Waals surface area contributed by atoms with Gasteiger partial charge in [0.2, 0.25) is 5.91 Å². The molecule has 1 saturated carbocycles. The minimum Gasteiger partial charge on any atom is -0.355 e. The Balaban J connectivity index is 1.88. The van der Waals surface area contributed by atoms with E-state index in [1.165, 1.54) is 19.3 Å². The second-order valence-corrected chi connectivity index (χ2v) is 4.53. The van der Waals surface area contributed by atoms with E-state index in [0.717, 1.165) is 25.4 Å². The van der Waals surface area contributed by atoms with Crippen molar-refractivity contribution in [3.05, 3.63) is 0 Å². The summed E-state index contributed by atoms with van der Waals surface area (Å²) < 4.78 is 0. The predicted octanol–water partition coefficient (Wildman–Crippen LogP) is 0.901. The first-order valence-corrected chi connectivity index (χ1v) is 5.84. The Morgan fingerprint density at radius 2 is 2.36 bits per heavy atom. The van der Waals surface area contributed by atoms with E-state index in [4.69, 9.17) is 0 Å². The summed E-state index contributed by atoms with van der Waals surface area (Å²) in [6.45, 7) is 3.95. The third kappa shape index (κ3) is 1.78. The van der Waals surface area contributed by atoms with Crippen molar-refractivity contribution in [2.24, 2.45) is 11.8 Å². The van der Waals surface area contributed by atoms with Crippen LogP contribution in [0.15, 0.2) is 0 Å². The molecule has 2 fully saturated rings. The van der Waals surface area contributed by atoms with Crippen LogP contribution in [-0.4, -0.2) is 25.0 Å². The van der Waals surface area contributed by atoms with Crippen LogP contribution in [0.2, 0.25) is 0 Å². The molecule has 0 bridgehead atoms. The SMILES string of the molecule is CCCNC(=O)C1NCC2CCCC21. The smallest absolute Gasteiger partial charge is 0.237 e. The molecule has 3 unspecified atom stereocenters. The summed E-state index contributed by atoms with van der Waals surface area (Å²) in [7, 11) is 0. The average Bonchev–Trinajstić information content (AvgIpc) is 2.74. The Morgan fingerprint density at radius 1 is 1.50 bits per heavy atom. The van der Waals surface area contributed by atoms with E-state index in [0.29, 0.717) is 5.92 Å². The van der Waals surface area contributed by atoms with Crippen LogP contribution in [0.3, 0.4) is 0 Å². The van der Waals surface area contributed by atoms with Crippen molar-refractivity contribution in [2.45, 2.75) is 38.6 Å². The molecule has 0 aromatic heterocycles. The Morgan fingerprint density at radius 3 is 3.14 bits per heavy atom. The highest BCUT2D eigenvalue weighted by atomic mass is 16.2. The number of carbonyl (C=O) groups is 1. The molecule has 2 aliphatic rings. The van der Waals surface area contributed by atoms with E-state index in [1.54, 1.807) is 0 Å². The molecule has 1 amide bonds. The number of nitrogens with one attached hydrogen (secondary N) is 2. The van der Waals surface area contributed by atoms with Gasteiger partial charge in [0, 0.05) is 6.54 Å². The number of amides is 1. The van der Waals surface area contributed by atoms with Gasteiger partial charge in [-0.05, 0) is 37.6 Å². The molecule has 1 saturated heterocycles. The highest BCUT2D eigenvalue weighted by Crippen LogP contribution is 2.37. The highest BCUT2D eigenvalue weighted by molar-refractivity contribution is 5.82. The Kier molecular flexibility index (Phi) is 3.06. The fraction of sp³-hybridized carbons (Fsp3) is 0.909. The minimum absolute atomic E-state index is 0.106. The molecule has 1 aliphatic carbocycles. The van der Waals surface area contributed by atoms with Crippen LogP contribution in [0, 0.1) is 11.8 Å². The summed E-state index contributed by atoms with van der Waals surface area (Å²) in [5.74, 6) is 1.61. The van der Waals surface area contributed by atoms with Gasteiger partial charge in [-0.25, -0.2) is 0 Å². The maximum absolute atomic E-state index is 11.8. The molecule has 3 nitrogen and oxygen atoms in total. The summed E-state index contributed by atoms with van der Waals surface area (Å²) in [6, 6.07) is 0.106. The van der Waals surface area contributed by atoms with Gasteiger partial charge in [0.25, 0.3) is 0 Å². The Bertz CT molecular complexity index is 217. The number of hydrogen-bond donors (Lipinski definition) is 2. The van der Waals surface area contributed by atoms with Gasteiger partial charge in [-0.1, -0.05) is 13.3 Å². The maximum atomic E-state index is 11.8. The summed E-state index contributed by atoms with van der Waals surface area (Å²) in [4.78, 5) is 11.8. The monoisotopic (exact) mass is 196 g/mol. The molecule has 3 atom stereocenters. The van der Waals surface area contributed by atoms with Gasteiger partial charge in [0.1, 0.15) is 0 Å². The lowest BCUT2D eigenvalue weighted by atomic mass is 9.94. The van der Waals surface area contributed by atoms with Crippen molar-refractivity contribution in [3.8, 4) is 0 Å². The van der Waals surface area contributed by atoms with Crippen molar-refractivity contribution in [1.82, 2.24) is 10.6 Å². The van der Waals surface area contributed by atoms with Crippen molar-refractivity contribution >= 4 is 5.91 Å². The van der Waals surface area contributed by atoms with Crippen molar-refractivity contribution in [2.75, 3.05) is 13.1 Å². The Hall–Kier alpha value is -0.570. The number of carbonyl (C=O) groups excluding carboxylic acids is 1. The van der Waals surface area contributed by atoms with Gasteiger partial charge < -0.3 is 10.6 Å². The molecule has 1 heterocycles. The van der Waals surface area contributed by atoms with Crippen LogP contribution in [-0.2, 0) is 4.79 Å². The number of fused-ring (bicyclic) bond motifs is 1. The molecule has 80 valence electrons. The molecule has 0 spiro atoms. The molecule has 2 N–H and O–H groups in total. The van der Waals surface area contributed by atoms with E-state index in [1.807, 2.05) is 0 Å². The van der Waals surface area contributed by atoms with Crippen LogP contribution < -0.4 is 10.6 Å². The van der Waals surface area contributed by atoms with Gasteiger partial charge in [-0.15, -0.1) is 0 Å². The summed E-state index contributed by atoms with van der Waals surface area (Å²) in [5.41, 5.74) is 0. The highest BCUT2D eigenvalue weighted by Gasteiger charge is 2.42. The maximum Gasteiger partial charge on any atom is 0.237 e. The molecule has 14 heavy (non-hydrogen) atoms. The second-order valence-electron chi connectivity index (χ2n) is 4.53. The van der Waals surface area contributed by atoms with Crippen LogP contribution >= 0.6 is 0 Å². The van der Waals surface area contributed by atoms with Gasteiger partial charge >= 0.3 is 0 Å². The summed E-state index contributed by atoms with van der Waals surface area (Å²) >= 11 is 0. The average molecular weight is 196 g/mol. The molecular formula is C11H20N2O. The predicted molar refractivity (Wildman–Crippen MR) is 55.9 cm³/mol. The van der Waals surface area contributed by atoms with E-state index >= 15 is 0 Å². The number of hydrogen-bond acceptors (Lipinski definition) is 2. The van der Waals surface area contributed by atoms with Crippen LogP contribution in [0.25, 0.3) is 0 Å². The van der Waals surface area contributed by atoms with E-state index < -0.39 is 0 Å².